The van der Waals surface area contributed by atoms with Gasteiger partial charge >= 0.3 is 0 Å². The average Bonchev–Trinajstić information content (AvgIpc) is 2.83. The highest BCUT2D eigenvalue weighted by atomic mass is 16.5. The van der Waals surface area contributed by atoms with Crippen LogP contribution >= 0.6 is 0 Å². The van der Waals surface area contributed by atoms with Gasteiger partial charge in [-0.1, -0.05) is 5.16 Å². The molecule has 1 amide bonds. The van der Waals surface area contributed by atoms with Gasteiger partial charge < -0.3 is 14.6 Å². The van der Waals surface area contributed by atoms with Crippen LogP contribution in [-0.2, 0) is 16.0 Å². The second kappa shape index (κ2) is 7.24. The maximum atomic E-state index is 12.1. The van der Waals surface area contributed by atoms with Gasteiger partial charge in [0.25, 0.3) is 0 Å². The van der Waals surface area contributed by atoms with Gasteiger partial charge in [-0.15, -0.1) is 0 Å². The molecule has 0 atom stereocenters. The Morgan fingerprint density at radius 3 is 2.59 bits per heavy atom. The van der Waals surface area contributed by atoms with Crippen molar-refractivity contribution in [2.75, 3.05) is 32.8 Å². The monoisotopic (exact) mass is 309 g/mol. The molecule has 6 heteroatoms. The molecule has 1 fully saturated rings. The number of ether oxygens (including phenoxy) is 1. The Bertz CT molecular complexity index is 485. The molecule has 0 bridgehead atoms. The first kappa shape index (κ1) is 17.0. The molecule has 0 spiro atoms. The summed E-state index contributed by atoms with van der Waals surface area (Å²) in [4.78, 5) is 14.5. The summed E-state index contributed by atoms with van der Waals surface area (Å²) < 4.78 is 10.5. The lowest BCUT2D eigenvalue weighted by Gasteiger charge is -2.40. The minimum absolute atomic E-state index is 0.0531. The lowest BCUT2D eigenvalue weighted by Crippen LogP contribution is -2.55. The van der Waals surface area contributed by atoms with Crippen molar-refractivity contribution in [2.24, 2.45) is 0 Å². The van der Waals surface area contributed by atoms with E-state index >= 15 is 0 Å². The van der Waals surface area contributed by atoms with Crippen LogP contribution in [0.15, 0.2) is 4.52 Å². The smallest absolute Gasteiger partial charge is 0.220 e. The molecule has 6 nitrogen and oxygen atoms in total. The van der Waals surface area contributed by atoms with Crippen LogP contribution < -0.4 is 5.32 Å². The lowest BCUT2D eigenvalue weighted by molar-refractivity contribution is -0.121. The van der Waals surface area contributed by atoms with Gasteiger partial charge in [0.05, 0.1) is 18.9 Å². The number of morpholine rings is 1. The largest absolute Gasteiger partial charge is 0.379 e. The van der Waals surface area contributed by atoms with E-state index in [-0.39, 0.29) is 11.4 Å². The van der Waals surface area contributed by atoms with E-state index < -0.39 is 0 Å². The Morgan fingerprint density at radius 1 is 1.32 bits per heavy atom. The van der Waals surface area contributed by atoms with Crippen molar-refractivity contribution in [1.82, 2.24) is 15.4 Å². The average molecular weight is 309 g/mol. The summed E-state index contributed by atoms with van der Waals surface area (Å²) in [5.74, 6) is 0.875. The summed E-state index contributed by atoms with van der Waals surface area (Å²) in [5, 5.41) is 6.96. The first-order chi connectivity index (χ1) is 10.4. The zero-order valence-corrected chi connectivity index (χ0v) is 14.1. The number of aromatic nitrogens is 1. The highest BCUT2D eigenvalue weighted by molar-refractivity contribution is 5.76. The summed E-state index contributed by atoms with van der Waals surface area (Å²) in [6.45, 7) is 12.1. The molecule has 22 heavy (non-hydrogen) atoms. The molecule has 1 saturated heterocycles. The van der Waals surface area contributed by atoms with Crippen LogP contribution in [0.1, 0.15) is 37.3 Å². The molecule has 124 valence electrons. The highest BCUT2D eigenvalue weighted by Gasteiger charge is 2.28. The molecule has 1 aromatic rings. The van der Waals surface area contributed by atoms with Crippen LogP contribution in [0.4, 0.5) is 0 Å². The molecule has 2 heterocycles. The first-order valence-corrected chi connectivity index (χ1v) is 7.91. The molecule has 2 rings (SSSR count). The van der Waals surface area contributed by atoms with Crippen molar-refractivity contribution in [1.29, 1.82) is 0 Å². The van der Waals surface area contributed by atoms with Gasteiger partial charge in [0.1, 0.15) is 5.76 Å². The maximum absolute atomic E-state index is 12.1. The van der Waals surface area contributed by atoms with Crippen LogP contribution in [-0.4, -0.2) is 54.4 Å². The molecular weight excluding hydrogens is 282 g/mol. The summed E-state index contributed by atoms with van der Waals surface area (Å²) in [5.41, 5.74) is 1.86. The topological polar surface area (TPSA) is 67.6 Å². The predicted molar refractivity (Wildman–Crippen MR) is 83.8 cm³/mol. The highest BCUT2D eigenvalue weighted by Crippen LogP contribution is 2.16. The molecule has 1 aliphatic rings. The Balaban J connectivity index is 1.77. The van der Waals surface area contributed by atoms with Gasteiger partial charge in [-0.05, 0) is 34.1 Å². The van der Waals surface area contributed by atoms with Gasteiger partial charge in [0.2, 0.25) is 5.91 Å². The van der Waals surface area contributed by atoms with E-state index in [9.17, 15) is 4.79 Å². The van der Waals surface area contributed by atoms with Crippen molar-refractivity contribution in [2.45, 2.75) is 46.1 Å². The molecule has 0 unspecified atom stereocenters. The predicted octanol–water partition coefficient (Wildman–Crippen LogP) is 1.45. The first-order valence-electron chi connectivity index (χ1n) is 7.91. The molecule has 0 aliphatic carbocycles. The molecular formula is C16H27N3O3. The molecule has 1 N–H and O–H groups in total. The third-order valence-electron chi connectivity index (χ3n) is 4.37. The van der Waals surface area contributed by atoms with Crippen LogP contribution in [0.5, 0.6) is 0 Å². The number of aryl methyl sites for hydroxylation is 2. The second-order valence-corrected chi connectivity index (χ2v) is 6.49. The van der Waals surface area contributed by atoms with Gasteiger partial charge in [-0.3, -0.25) is 9.69 Å². The molecule has 0 saturated carbocycles. The van der Waals surface area contributed by atoms with Crippen molar-refractivity contribution in [3.8, 4) is 0 Å². The zero-order valence-electron chi connectivity index (χ0n) is 14.1. The van der Waals surface area contributed by atoms with Crippen molar-refractivity contribution in [3.63, 3.8) is 0 Å². The van der Waals surface area contributed by atoms with Gasteiger partial charge in [0.15, 0.2) is 0 Å². The number of hydrogen-bond donors (Lipinski definition) is 1. The Morgan fingerprint density at radius 2 is 2.00 bits per heavy atom. The van der Waals surface area contributed by atoms with Gasteiger partial charge in [-0.2, -0.15) is 0 Å². The van der Waals surface area contributed by atoms with Crippen LogP contribution in [0.3, 0.4) is 0 Å². The Kier molecular flexibility index (Phi) is 5.58. The molecule has 1 aromatic heterocycles. The quantitative estimate of drug-likeness (QED) is 0.861. The fourth-order valence-electron chi connectivity index (χ4n) is 2.78. The summed E-state index contributed by atoms with van der Waals surface area (Å²) >= 11 is 0. The van der Waals surface area contributed by atoms with Gasteiger partial charge in [0, 0.05) is 37.2 Å². The number of nitrogens with one attached hydrogen (secondary N) is 1. The van der Waals surface area contributed by atoms with Crippen molar-refractivity contribution in [3.05, 3.63) is 17.0 Å². The standard InChI is InChI=1S/C16H27N3O3/c1-12-14(13(2)22-18-12)5-6-15(20)17-11-16(3,4)19-7-9-21-10-8-19/h5-11H2,1-4H3,(H,17,20). The van der Waals surface area contributed by atoms with Crippen molar-refractivity contribution >= 4 is 5.91 Å². The minimum Gasteiger partial charge on any atom is -0.379 e. The summed E-state index contributed by atoms with van der Waals surface area (Å²) in [7, 11) is 0. The third-order valence-corrected chi connectivity index (χ3v) is 4.37. The van der Waals surface area contributed by atoms with Crippen LogP contribution in [0.25, 0.3) is 0 Å². The molecule has 0 radical (unpaired) electrons. The van der Waals surface area contributed by atoms with E-state index in [1.807, 2.05) is 13.8 Å². The normalized spacial score (nSPS) is 16.7. The SMILES string of the molecule is Cc1noc(C)c1CCC(=O)NCC(C)(C)N1CCOCC1. The van der Waals surface area contributed by atoms with E-state index in [1.54, 1.807) is 0 Å². The number of rotatable bonds is 6. The Labute approximate surface area is 132 Å². The van der Waals surface area contributed by atoms with E-state index in [0.717, 1.165) is 43.3 Å². The lowest BCUT2D eigenvalue weighted by atomic mass is 10.0. The fourth-order valence-corrected chi connectivity index (χ4v) is 2.78. The maximum Gasteiger partial charge on any atom is 0.220 e. The number of hydrogen-bond acceptors (Lipinski definition) is 5. The third kappa shape index (κ3) is 4.30. The van der Waals surface area contributed by atoms with Crippen LogP contribution in [0.2, 0.25) is 0 Å². The summed E-state index contributed by atoms with van der Waals surface area (Å²) in [6, 6.07) is 0. The van der Waals surface area contributed by atoms with E-state index in [4.69, 9.17) is 9.26 Å². The Hall–Kier alpha value is -1.40. The minimum atomic E-state index is -0.0531. The van der Waals surface area contributed by atoms with E-state index in [0.29, 0.717) is 19.4 Å². The number of carbonyl (C=O) groups is 1. The zero-order chi connectivity index (χ0) is 16.2. The van der Waals surface area contributed by atoms with Crippen molar-refractivity contribution < 1.29 is 14.1 Å². The molecule has 0 aromatic carbocycles. The number of carbonyl (C=O) groups excluding carboxylic acids is 1. The van der Waals surface area contributed by atoms with E-state index in [2.05, 4.69) is 29.2 Å². The second-order valence-electron chi connectivity index (χ2n) is 6.49. The summed E-state index contributed by atoms with van der Waals surface area (Å²) in [6.07, 6.45) is 1.13. The fraction of sp³-hybridized carbons (Fsp3) is 0.750. The number of amides is 1. The number of nitrogens with zero attached hydrogens (tertiary/aromatic N) is 2. The van der Waals surface area contributed by atoms with Gasteiger partial charge in [-0.25, -0.2) is 0 Å². The van der Waals surface area contributed by atoms with E-state index in [1.165, 1.54) is 0 Å². The molecule has 1 aliphatic heterocycles. The van der Waals surface area contributed by atoms with Crippen LogP contribution in [0, 0.1) is 13.8 Å².